The summed E-state index contributed by atoms with van der Waals surface area (Å²) in [5.74, 6) is -1.22. The van der Waals surface area contributed by atoms with E-state index >= 15 is 0 Å². The molecule has 0 saturated heterocycles. The monoisotopic (exact) mass is 969 g/mol. The molecule has 1 aliphatic carbocycles. The van der Waals surface area contributed by atoms with Crippen molar-refractivity contribution in [3.05, 3.63) is 36.5 Å². The SMILES string of the molecule is CCCCC/C=C\C/C=C\CCCCCCCC(=O)OC[C@H](COP(=O)(O)O[C@H]1C(O)C(O)C(O)[C@@H](OP(=O)(O)O)C1O)OC(=O)CCCCCCCCC/C=C\CCCCCCCC. The van der Waals surface area contributed by atoms with Gasteiger partial charge in [-0.1, -0.05) is 147 Å². The molecule has 1 saturated carbocycles. The van der Waals surface area contributed by atoms with Crippen molar-refractivity contribution in [3.63, 3.8) is 0 Å². The Bertz CT molecular complexity index is 1400. The Morgan fingerprint density at radius 1 is 0.492 bits per heavy atom. The lowest BCUT2D eigenvalue weighted by Gasteiger charge is -2.43. The molecule has 7 N–H and O–H groups in total. The second-order valence-electron chi connectivity index (χ2n) is 17.2. The Morgan fingerprint density at radius 3 is 1.38 bits per heavy atom. The van der Waals surface area contributed by atoms with Gasteiger partial charge in [-0.2, -0.15) is 0 Å². The first-order valence-corrected chi connectivity index (χ1v) is 27.6. The number of hydrogen-bond donors (Lipinski definition) is 7. The first kappa shape index (κ1) is 61.2. The van der Waals surface area contributed by atoms with Crippen LogP contribution in [0.5, 0.6) is 0 Å². The van der Waals surface area contributed by atoms with E-state index in [9.17, 15) is 53.8 Å². The molecule has 0 heterocycles. The van der Waals surface area contributed by atoms with E-state index in [2.05, 4.69) is 54.8 Å². The highest BCUT2D eigenvalue weighted by Gasteiger charge is 2.54. The maximum atomic E-state index is 13.0. The minimum Gasteiger partial charge on any atom is -0.462 e. The van der Waals surface area contributed by atoms with Gasteiger partial charge in [-0.3, -0.25) is 23.2 Å². The first-order valence-electron chi connectivity index (χ1n) is 24.5. The summed E-state index contributed by atoms with van der Waals surface area (Å²) in [6.45, 7) is 3.07. The molecule has 0 aromatic carbocycles. The third-order valence-electron chi connectivity index (χ3n) is 11.2. The average Bonchev–Trinajstić information content (AvgIpc) is 3.26. The van der Waals surface area contributed by atoms with Crippen molar-refractivity contribution in [1.29, 1.82) is 0 Å². The second-order valence-corrected chi connectivity index (χ2v) is 19.8. The zero-order valence-corrected chi connectivity index (χ0v) is 41.2. The molecule has 1 aliphatic rings. The first-order chi connectivity index (χ1) is 31.1. The molecular weight excluding hydrogens is 882 g/mol. The lowest BCUT2D eigenvalue weighted by Crippen LogP contribution is -2.64. The van der Waals surface area contributed by atoms with Crippen LogP contribution in [0.1, 0.15) is 194 Å². The molecule has 1 fully saturated rings. The summed E-state index contributed by atoms with van der Waals surface area (Å²) in [5.41, 5.74) is 0. The Morgan fingerprint density at radius 2 is 0.892 bits per heavy atom. The molecule has 0 aliphatic heterocycles. The van der Waals surface area contributed by atoms with Crippen molar-refractivity contribution in [2.24, 2.45) is 0 Å². The summed E-state index contributed by atoms with van der Waals surface area (Å²) in [4.78, 5) is 54.3. The molecule has 18 heteroatoms. The second kappa shape index (κ2) is 38.1. The standard InChI is InChI=1S/C47H86O16P2/c1-3-5-7-9-11-13-15-17-19-20-22-24-26-28-30-32-34-36-41(49)61-39(37-59-40(48)35-33-31-29-27-25-23-21-18-16-14-12-10-8-6-4-2)38-60-65(57,58)63-47-44(52)42(50)43(51)46(45(47)53)62-64(54,55)56/h12,14,17-19,21,39,42-47,50-53H,3-11,13,15-16,20,22-38H2,1-2H3,(H,57,58)(H2,54,55,56)/b14-12-,19-17-,21-18-/t39-,42?,43?,44?,45?,46-,47+/m1/s1. The summed E-state index contributed by atoms with van der Waals surface area (Å²) in [7, 11) is -10.7. The highest BCUT2D eigenvalue weighted by Crippen LogP contribution is 2.49. The van der Waals surface area contributed by atoms with E-state index in [4.69, 9.17) is 18.5 Å². The number of hydrogen-bond acceptors (Lipinski definition) is 13. The summed E-state index contributed by atoms with van der Waals surface area (Å²) >= 11 is 0. The molecular formula is C47H86O16P2. The van der Waals surface area contributed by atoms with Gasteiger partial charge in [0.15, 0.2) is 6.10 Å². The third-order valence-corrected chi connectivity index (χ3v) is 12.7. The highest BCUT2D eigenvalue weighted by molar-refractivity contribution is 7.47. The lowest BCUT2D eigenvalue weighted by atomic mass is 9.85. The molecule has 0 amide bonds. The third kappa shape index (κ3) is 32.6. The van der Waals surface area contributed by atoms with E-state index in [0.717, 1.165) is 96.3 Å². The molecule has 0 aromatic heterocycles. The number of rotatable bonds is 41. The number of unbranched alkanes of at least 4 members (excludes halogenated alkanes) is 21. The van der Waals surface area contributed by atoms with Crippen LogP contribution in [0, 0.1) is 0 Å². The molecule has 0 radical (unpaired) electrons. The van der Waals surface area contributed by atoms with Gasteiger partial charge in [0.25, 0.3) is 0 Å². The molecule has 5 unspecified atom stereocenters. The molecule has 16 nitrogen and oxygen atoms in total. The van der Waals surface area contributed by atoms with Crippen molar-refractivity contribution in [2.75, 3.05) is 13.2 Å². The smallest absolute Gasteiger partial charge is 0.462 e. The summed E-state index contributed by atoms with van der Waals surface area (Å²) in [6, 6.07) is 0. The molecule has 8 atom stereocenters. The Kier molecular flexibility index (Phi) is 35.9. The van der Waals surface area contributed by atoms with E-state index in [1.165, 1.54) is 57.8 Å². The van der Waals surface area contributed by atoms with Gasteiger partial charge in [0, 0.05) is 12.8 Å². The zero-order valence-electron chi connectivity index (χ0n) is 39.4. The average molecular weight is 969 g/mol. The molecule has 0 spiro atoms. The fourth-order valence-corrected chi connectivity index (χ4v) is 8.88. The lowest BCUT2D eigenvalue weighted by molar-refractivity contribution is -0.216. The number of carbonyl (C=O) groups excluding carboxylic acids is 2. The number of carbonyl (C=O) groups is 2. The van der Waals surface area contributed by atoms with Crippen LogP contribution in [-0.4, -0.2) is 103 Å². The Hall–Kier alpha value is -1.78. The van der Waals surface area contributed by atoms with Crippen LogP contribution in [-0.2, 0) is 41.8 Å². The maximum absolute atomic E-state index is 13.0. The normalized spacial score (nSPS) is 21.9. The predicted octanol–water partition coefficient (Wildman–Crippen LogP) is 9.51. The molecule has 0 aromatic rings. The number of phosphoric acid groups is 2. The predicted molar refractivity (Wildman–Crippen MR) is 250 cm³/mol. The van der Waals surface area contributed by atoms with Crippen LogP contribution in [0.4, 0.5) is 0 Å². The fourth-order valence-electron chi connectivity index (χ4n) is 7.34. The van der Waals surface area contributed by atoms with Crippen LogP contribution < -0.4 is 0 Å². The number of ether oxygens (including phenoxy) is 2. The maximum Gasteiger partial charge on any atom is 0.472 e. The molecule has 380 valence electrons. The van der Waals surface area contributed by atoms with Crippen molar-refractivity contribution in [1.82, 2.24) is 0 Å². The van der Waals surface area contributed by atoms with Crippen LogP contribution in [0.3, 0.4) is 0 Å². The van der Waals surface area contributed by atoms with Crippen molar-refractivity contribution < 1.29 is 76.9 Å². The number of aliphatic hydroxyl groups is 4. The van der Waals surface area contributed by atoms with E-state index in [-0.39, 0.29) is 12.8 Å². The van der Waals surface area contributed by atoms with E-state index in [1.54, 1.807) is 0 Å². The van der Waals surface area contributed by atoms with Crippen LogP contribution in [0.25, 0.3) is 0 Å². The van der Waals surface area contributed by atoms with Gasteiger partial charge in [-0.15, -0.1) is 0 Å². The topological polar surface area (TPSA) is 256 Å². The molecule has 65 heavy (non-hydrogen) atoms. The quantitative estimate of drug-likeness (QED) is 0.0130. The van der Waals surface area contributed by atoms with Gasteiger partial charge >= 0.3 is 27.6 Å². The van der Waals surface area contributed by atoms with Gasteiger partial charge in [-0.05, 0) is 70.6 Å². The number of allylic oxidation sites excluding steroid dienone is 6. The highest BCUT2D eigenvalue weighted by atomic mass is 31.2. The van der Waals surface area contributed by atoms with Gasteiger partial charge < -0.3 is 44.6 Å². The fraction of sp³-hybridized carbons (Fsp3) is 0.830. The Labute approximate surface area is 389 Å². The molecule has 0 bridgehead atoms. The largest absolute Gasteiger partial charge is 0.472 e. The van der Waals surface area contributed by atoms with Crippen LogP contribution in [0.15, 0.2) is 36.5 Å². The number of aliphatic hydroxyl groups excluding tert-OH is 4. The summed E-state index contributed by atoms with van der Waals surface area (Å²) in [6.07, 6.45) is 26.6. The summed E-state index contributed by atoms with van der Waals surface area (Å²) in [5, 5.41) is 41.3. The summed E-state index contributed by atoms with van der Waals surface area (Å²) < 4.78 is 49.4. The van der Waals surface area contributed by atoms with Gasteiger partial charge in [-0.25, -0.2) is 9.13 Å². The van der Waals surface area contributed by atoms with Crippen molar-refractivity contribution in [2.45, 2.75) is 236 Å². The van der Waals surface area contributed by atoms with Crippen LogP contribution >= 0.6 is 15.6 Å². The molecule has 1 rings (SSSR count). The minimum atomic E-state index is -5.37. The van der Waals surface area contributed by atoms with E-state index in [1.807, 2.05) is 0 Å². The van der Waals surface area contributed by atoms with Crippen molar-refractivity contribution in [3.8, 4) is 0 Å². The van der Waals surface area contributed by atoms with Crippen LogP contribution in [0.2, 0.25) is 0 Å². The minimum absolute atomic E-state index is 0.0364. The van der Waals surface area contributed by atoms with Crippen molar-refractivity contribution >= 4 is 27.6 Å². The van der Waals surface area contributed by atoms with Gasteiger partial charge in [0.2, 0.25) is 0 Å². The number of phosphoric ester groups is 2. The van der Waals surface area contributed by atoms with E-state index < -0.39 is 83.5 Å². The zero-order chi connectivity index (χ0) is 48.2. The van der Waals surface area contributed by atoms with Gasteiger partial charge in [0.05, 0.1) is 6.61 Å². The van der Waals surface area contributed by atoms with Gasteiger partial charge in [0.1, 0.15) is 43.2 Å². The Balaban J connectivity index is 2.58. The number of esters is 2. The van der Waals surface area contributed by atoms with E-state index in [0.29, 0.717) is 12.8 Å².